The molecule has 0 bridgehead atoms. The molecule has 8 heteroatoms. The predicted molar refractivity (Wildman–Crippen MR) is 76.4 cm³/mol. The van der Waals surface area contributed by atoms with Gasteiger partial charge in [0.15, 0.2) is 5.03 Å². The average Bonchev–Trinajstić information content (AvgIpc) is 2.97. The lowest BCUT2D eigenvalue weighted by Gasteiger charge is -2.21. The predicted octanol–water partition coefficient (Wildman–Crippen LogP) is 1.23. The Labute approximate surface area is 124 Å². The van der Waals surface area contributed by atoms with Crippen molar-refractivity contribution in [2.75, 3.05) is 6.54 Å². The summed E-state index contributed by atoms with van der Waals surface area (Å²) in [5, 5.41) is 8.92. The number of carboxylic acid groups (broad SMARTS) is 1. The van der Waals surface area contributed by atoms with E-state index in [1.807, 2.05) is 11.5 Å². The molecule has 0 aliphatic carbocycles. The van der Waals surface area contributed by atoms with E-state index in [2.05, 4.69) is 4.98 Å². The highest BCUT2D eigenvalue weighted by Crippen LogP contribution is 2.27. The third-order valence-corrected chi connectivity index (χ3v) is 5.55. The molecule has 2 heterocycles. The van der Waals surface area contributed by atoms with E-state index in [4.69, 9.17) is 5.11 Å². The highest BCUT2D eigenvalue weighted by Gasteiger charge is 2.37. The molecule has 1 atom stereocenters. The molecule has 0 spiro atoms. The standard InChI is InChI=1S/C13H21N3O4S/c1-3-6-15-9-12(14-10(15)2)21(19,20)16-7-4-5-11(16)8-13(17)18/h9,11H,3-8H2,1-2H3,(H,17,18). The number of hydrogen-bond acceptors (Lipinski definition) is 4. The molecule has 1 aromatic rings. The minimum atomic E-state index is -3.72. The van der Waals surface area contributed by atoms with Crippen LogP contribution in [-0.4, -0.2) is 45.9 Å². The van der Waals surface area contributed by atoms with Gasteiger partial charge < -0.3 is 9.67 Å². The number of sulfonamides is 1. The Morgan fingerprint density at radius 2 is 2.24 bits per heavy atom. The molecule has 1 fully saturated rings. The molecule has 0 aromatic carbocycles. The van der Waals surface area contributed by atoms with E-state index in [9.17, 15) is 13.2 Å². The number of carbonyl (C=O) groups is 1. The highest BCUT2D eigenvalue weighted by atomic mass is 32.2. The van der Waals surface area contributed by atoms with Crippen molar-refractivity contribution in [3.63, 3.8) is 0 Å². The van der Waals surface area contributed by atoms with E-state index in [-0.39, 0.29) is 11.4 Å². The largest absolute Gasteiger partial charge is 0.481 e. The summed E-state index contributed by atoms with van der Waals surface area (Å²) in [6.07, 6.45) is 3.55. The topological polar surface area (TPSA) is 92.5 Å². The van der Waals surface area contributed by atoms with Gasteiger partial charge in [-0.15, -0.1) is 0 Å². The van der Waals surface area contributed by atoms with Crippen LogP contribution in [0.3, 0.4) is 0 Å². The van der Waals surface area contributed by atoms with Crippen molar-refractivity contribution >= 4 is 16.0 Å². The lowest BCUT2D eigenvalue weighted by Crippen LogP contribution is -2.37. The van der Waals surface area contributed by atoms with Gasteiger partial charge in [-0.2, -0.15) is 4.31 Å². The van der Waals surface area contributed by atoms with Gasteiger partial charge >= 0.3 is 5.97 Å². The van der Waals surface area contributed by atoms with Crippen LogP contribution in [0, 0.1) is 6.92 Å². The second-order valence-electron chi connectivity index (χ2n) is 5.33. The lowest BCUT2D eigenvalue weighted by molar-refractivity contribution is -0.137. The van der Waals surface area contributed by atoms with Crippen LogP contribution in [-0.2, 0) is 21.4 Å². The summed E-state index contributed by atoms with van der Waals surface area (Å²) in [6, 6.07) is -0.468. The molecule has 21 heavy (non-hydrogen) atoms. The number of rotatable bonds is 6. The Hall–Kier alpha value is -1.41. The first-order valence-electron chi connectivity index (χ1n) is 7.13. The molecule has 1 saturated heterocycles. The van der Waals surface area contributed by atoms with E-state index in [0.29, 0.717) is 31.8 Å². The molecule has 1 unspecified atom stereocenters. The zero-order valence-electron chi connectivity index (χ0n) is 12.3. The normalized spacial score (nSPS) is 20.0. The highest BCUT2D eigenvalue weighted by molar-refractivity contribution is 7.89. The first kappa shape index (κ1) is 16.0. The Bertz CT molecular complexity index is 623. The smallest absolute Gasteiger partial charge is 0.304 e. The molecule has 0 saturated carbocycles. The second-order valence-corrected chi connectivity index (χ2v) is 7.17. The van der Waals surface area contributed by atoms with Crippen molar-refractivity contribution in [3.05, 3.63) is 12.0 Å². The average molecular weight is 315 g/mol. The number of aliphatic carboxylic acids is 1. The van der Waals surface area contributed by atoms with Gasteiger partial charge in [-0.25, -0.2) is 13.4 Å². The minimum Gasteiger partial charge on any atom is -0.481 e. The van der Waals surface area contributed by atoms with Gasteiger partial charge in [0, 0.05) is 25.3 Å². The summed E-state index contributed by atoms with van der Waals surface area (Å²) in [5.74, 6) is -0.320. The maximum absolute atomic E-state index is 12.7. The van der Waals surface area contributed by atoms with Gasteiger partial charge in [-0.05, 0) is 26.2 Å². The van der Waals surface area contributed by atoms with E-state index in [1.165, 1.54) is 4.31 Å². The molecule has 0 radical (unpaired) electrons. The summed E-state index contributed by atoms with van der Waals surface area (Å²) in [6.45, 7) is 4.86. The second kappa shape index (κ2) is 6.15. The first-order valence-corrected chi connectivity index (χ1v) is 8.57. The quantitative estimate of drug-likeness (QED) is 0.852. The zero-order chi connectivity index (χ0) is 15.6. The molecule has 118 valence electrons. The molecule has 1 aliphatic heterocycles. The molecule has 0 amide bonds. The minimum absolute atomic E-state index is 0.0192. The van der Waals surface area contributed by atoms with Crippen molar-refractivity contribution in [1.29, 1.82) is 0 Å². The van der Waals surface area contributed by atoms with Crippen molar-refractivity contribution in [1.82, 2.24) is 13.9 Å². The molecule has 7 nitrogen and oxygen atoms in total. The Kier molecular flexibility index (Phi) is 4.67. The van der Waals surface area contributed by atoms with Crippen LogP contribution in [0.1, 0.15) is 38.4 Å². The van der Waals surface area contributed by atoms with E-state index < -0.39 is 22.0 Å². The summed E-state index contributed by atoms with van der Waals surface area (Å²) in [5.41, 5.74) is 0. The van der Waals surface area contributed by atoms with Gasteiger partial charge in [0.2, 0.25) is 0 Å². The number of aromatic nitrogens is 2. The fourth-order valence-electron chi connectivity index (χ4n) is 2.72. The van der Waals surface area contributed by atoms with Gasteiger partial charge in [-0.1, -0.05) is 6.92 Å². The van der Waals surface area contributed by atoms with Crippen LogP contribution in [0.15, 0.2) is 11.2 Å². The van der Waals surface area contributed by atoms with Crippen LogP contribution in [0.4, 0.5) is 0 Å². The van der Waals surface area contributed by atoms with Crippen LogP contribution < -0.4 is 0 Å². The molecular weight excluding hydrogens is 294 g/mol. The number of nitrogens with zero attached hydrogens (tertiary/aromatic N) is 3. The fourth-order valence-corrected chi connectivity index (χ4v) is 4.41. The SMILES string of the molecule is CCCn1cc(S(=O)(=O)N2CCCC2CC(=O)O)nc1C. The number of aryl methyl sites for hydroxylation is 2. The number of imidazole rings is 1. The van der Waals surface area contributed by atoms with Crippen LogP contribution in [0.2, 0.25) is 0 Å². The third kappa shape index (κ3) is 3.26. The maximum atomic E-state index is 12.7. The van der Waals surface area contributed by atoms with Gasteiger partial charge in [0.05, 0.1) is 6.42 Å². The van der Waals surface area contributed by atoms with Crippen LogP contribution >= 0.6 is 0 Å². The van der Waals surface area contributed by atoms with E-state index in [1.54, 1.807) is 13.1 Å². The first-order chi connectivity index (χ1) is 9.86. The summed E-state index contributed by atoms with van der Waals surface area (Å²) < 4.78 is 28.4. The fraction of sp³-hybridized carbons (Fsp3) is 0.692. The zero-order valence-corrected chi connectivity index (χ0v) is 13.1. The summed E-state index contributed by atoms with van der Waals surface area (Å²) >= 11 is 0. The van der Waals surface area contributed by atoms with E-state index >= 15 is 0 Å². The summed E-state index contributed by atoms with van der Waals surface area (Å²) in [4.78, 5) is 15.0. The van der Waals surface area contributed by atoms with Gasteiger partial charge in [-0.3, -0.25) is 4.79 Å². The Balaban J connectivity index is 2.28. The monoisotopic (exact) mass is 315 g/mol. The van der Waals surface area contributed by atoms with Crippen molar-refractivity contribution in [2.45, 2.75) is 57.1 Å². The van der Waals surface area contributed by atoms with Crippen LogP contribution in [0.25, 0.3) is 0 Å². The lowest BCUT2D eigenvalue weighted by atomic mass is 10.2. The van der Waals surface area contributed by atoms with Gasteiger partial charge in [0.25, 0.3) is 10.0 Å². The van der Waals surface area contributed by atoms with Crippen molar-refractivity contribution in [2.24, 2.45) is 0 Å². The third-order valence-electron chi connectivity index (χ3n) is 3.72. The number of carboxylic acids is 1. The Morgan fingerprint density at radius 1 is 1.52 bits per heavy atom. The maximum Gasteiger partial charge on any atom is 0.304 e. The van der Waals surface area contributed by atoms with Crippen molar-refractivity contribution < 1.29 is 18.3 Å². The molecular formula is C13H21N3O4S. The Morgan fingerprint density at radius 3 is 2.86 bits per heavy atom. The van der Waals surface area contributed by atoms with Crippen molar-refractivity contribution in [3.8, 4) is 0 Å². The molecule has 1 N–H and O–H groups in total. The molecule has 1 aliphatic rings. The molecule has 2 rings (SSSR count). The summed E-state index contributed by atoms with van der Waals surface area (Å²) in [7, 11) is -3.72. The van der Waals surface area contributed by atoms with Crippen LogP contribution in [0.5, 0.6) is 0 Å². The number of hydrogen-bond donors (Lipinski definition) is 1. The van der Waals surface area contributed by atoms with Gasteiger partial charge in [0.1, 0.15) is 5.82 Å². The molecule has 1 aromatic heterocycles. The van der Waals surface area contributed by atoms with E-state index in [0.717, 1.165) is 6.42 Å².